The molecule has 1 aromatic heterocycles. The van der Waals surface area contributed by atoms with Crippen molar-refractivity contribution in [2.75, 3.05) is 19.6 Å². The molecular weight excluding hydrogens is 348 g/mol. The van der Waals surface area contributed by atoms with Crippen LogP contribution in [0.15, 0.2) is 47.1 Å². The van der Waals surface area contributed by atoms with Crippen molar-refractivity contribution in [3.05, 3.63) is 59.5 Å². The van der Waals surface area contributed by atoms with Crippen LogP contribution in [0, 0.1) is 6.92 Å². The highest BCUT2D eigenvalue weighted by atomic mass is 35.5. The second kappa shape index (κ2) is 9.24. The van der Waals surface area contributed by atoms with E-state index in [0.717, 1.165) is 38.2 Å². The molecule has 2 aromatic rings. The zero-order valence-electron chi connectivity index (χ0n) is 15.9. The monoisotopic (exact) mass is 376 g/mol. The van der Waals surface area contributed by atoms with Crippen molar-refractivity contribution in [3.8, 4) is 0 Å². The number of amides is 1. The Labute approximate surface area is 162 Å². The molecule has 1 fully saturated rings. The van der Waals surface area contributed by atoms with E-state index in [2.05, 4.69) is 49.1 Å². The van der Waals surface area contributed by atoms with E-state index in [1.54, 1.807) is 6.26 Å². The highest BCUT2D eigenvalue weighted by Gasteiger charge is 2.32. The highest BCUT2D eigenvalue weighted by Crippen LogP contribution is 2.20. The van der Waals surface area contributed by atoms with E-state index >= 15 is 0 Å². The Morgan fingerprint density at radius 1 is 1.15 bits per heavy atom. The van der Waals surface area contributed by atoms with Crippen molar-refractivity contribution in [3.63, 3.8) is 0 Å². The van der Waals surface area contributed by atoms with Crippen molar-refractivity contribution in [2.24, 2.45) is 0 Å². The Hall–Kier alpha value is -1.78. The van der Waals surface area contributed by atoms with Crippen LogP contribution < -0.4 is 0 Å². The van der Waals surface area contributed by atoms with Crippen LogP contribution in [0.1, 0.15) is 41.9 Å². The van der Waals surface area contributed by atoms with Gasteiger partial charge in [-0.1, -0.05) is 30.3 Å². The molecule has 2 unspecified atom stereocenters. The van der Waals surface area contributed by atoms with Gasteiger partial charge in [0.1, 0.15) is 12.0 Å². The van der Waals surface area contributed by atoms with Crippen LogP contribution in [-0.2, 0) is 6.42 Å². The molecule has 5 heteroatoms. The summed E-state index contributed by atoms with van der Waals surface area (Å²) in [6.07, 6.45) is 3.83. The minimum absolute atomic E-state index is 0. The molecule has 1 amide bonds. The third-order valence-electron chi connectivity index (χ3n) is 5.11. The Kier molecular flexibility index (Phi) is 7.30. The first kappa shape index (κ1) is 20.5. The van der Waals surface area contributed by atoms with Gasteiger partial charge in [-0.3, -0.25) is 9.69 Å². The van der Waals surface area contributed by atoms with Gasteiger partial charge in [0.05, 0.1) is 5.56 Å². The molecule has 0 radical (unpaired) electrons. The summed E-state index contributed by atoms with van der Waals surface area (Å²) in [7, 11) is 0. The molecule has 4 nitrogen and oxygen atoms in total. The summed E-state index contributed by atoms with van der Waals surface area (Å²) in [4.78, 5) is 17.2. The number of carbonyl (C=O) groups excluding carboxylic acids is 1. The van der Waals surface area contributed by atoms with E-state index in [4.69, 9.17) is 4.42 Å². The van der Waals surface area contributed by atoms with Crippen LogP contribution >= 0.6 is 12.4 Å². The second-order valence-corrected chi connectivity index (χ2v) is 7.19. The normalized spacial score (nSPS) is 20.7. The van der Waals surface area contributed by atoms with Crippen molar-refractivity contribution < 1.29 is 9.21 Å². The third kappa shape index (κ3) is 4.89. The SMILES string of the molecule is Cc1cc(C(=O)N2CC(C)N(CCCc3ccccc3)CC2C)co1.Cl. The van der Waals surface area contributed by atoms with Crippen LogP contribution in [0.4, 0.5) is 0 Å². The number of nitrogens with zero attached hydrogens (tertiary/aromatic N) is 2. The Morgan fingerprint density at radius 3 is 2.54 bits per heavy atom. The average Bonchev–Trinajstić information content (AvgIpc) is 3.04. The second-order valence-electron chi connectivity index (χ2n) is 7.19. The molecule has 0 bridgehead atoms. The van der Waals surface area contributed by atoms with Gasteiger partial charge in [-0.15, -0.1) is 12.4 Å². The molecule has 1 aliphatic heterocycles. The van der Waals surface area contributed by atoms with E-state index < -0.39 is 0 Å². The fourth-order valence-corrected chi connectivity index (χ4v) is 3.65. The van der Waals surface area contributed by atoms with Gasteiger partial charge in [0.15, 0.2) is 0 Å². The summed E-state index contributed by atoms with van der Waals surface area (Å²) in [6, 6.07) is 13.1. The Bertz CT molecular complexity index is 701. The number of halogens is 1. The molecule has 2 atom stereocenters. The van der Waals surface area contributed by atoms with Crippen LogP contribution in [0.3, 0.4) is 0 Å². The van der Waals surface area contributed by atoms with Gasteiger partial charge in [-0.05, 0) is 51.8 Å². The molecule has 0 aliphatic carbocycles. The maximum atomic E-state index is 12.7. The molecule has 2 heterocycles. The number of carbonyl (C=O) groups is 1. The lowest BCUT2D eigenvalue weighted by Gasteiger charge is -2.44. The summed E-state index contributed by atoms with van der Waals surface area (Å²) >= 11 is 0. The fourth-order valence-electron chi connectivity index (χ4n) is 3.65. The molecule has 0 saturated carbocycles. The van der Waals surface area contributed by atoms with E-state index in [0.29, 0.717) is 11.6 Å². The van der Waals surface area contributed by atoms with Crippen LogP contribution in [0.25, 0.3) is 0 Å². The van der Waals surface area contributed by atoms with E-state index in [-0.39, 0.29) is 24.4 Å². The first-order valence-electron chi connectivity index (χ1n) is 9.18. The Balaban J connectivity index is 0.00000243. The maximum absolute atomic E-state index is 12.7. The summed E-state index contributed by atoms with van der Waals surface area (Å²) < 4.78 is 5.30. The van der Waals surface area contributed by atoms with Gasteiger partial charge < -0.3 is 9.32 Å². The summed E-state index contributed by atoms with van der Waals surface area (Å²) in [6.45, 7) is 9.01. The van der Waals surface area contributed by atoms with Crippen LogP contribution in [-0.4, -0.2) is 47.4 Å². The van der Waals surface area contributed by atoms with Crippen molar-refractivity contribution in [1.82, 2.24) is 9.80 Å². The quantitative estimate of drug-likeness (QED) is 0.785. The van der Waals surface area contributed by atoms with Crippen LogP contribution in [0.5, 0.6) is 0 Å². The lowest BCUT2D eigenvalue weighted by Crippen LogP contribution is -2.58. The number of furan rings is 1. The van der Waals surface area contributed by atoms with Crippen molar-refractivity contribution in [2.45, 2.75) is 45.7 Å². The highest BCUT2D eigenvalue weighted by molar-refractivity contribution is 5.94. The molecule has 3 rings (SSSR count). The topological polar surface area (TPSA) is 36.7 Å². The lowest BCUT2D eigenvalue weighted by molar-refractivity contribution is 0.0314. The summed E-state index contributed by atoms with van der Waals surface area (Å²) in [5.41, 5.74) is 2.06. The summed E-state index contributed by atoms with van der Waals surface area (Å²) in [5, 5.41) is 0. The predicted octanol–water partition coefficient (Wildman–Crippen LogP) is 4.18. The average molecular weight is 377 g/mol. The van der Waals surface area contributed by atoms with Gasteiger partial charge in [0, 0.05) is 25.2 Å². The smallest absolute Gasteiger partial charge is 0.257 e. The number of benzene rings is 1. The number of piperazine rings is 1. The minimum atomic E-state index is 0. The van der Waals surface area contributed by atoms with E-state index in [1.165, 1.54) is 5.56 Å². The number of aryl methyl sites for hydroxylation is 2. The molecule has 0 spiro atoms. The predicted molar refractivity (Wildman–Crippen MR) is 107 cm³/mol. The fraction of sp³-hybridized carbons (Fsp3) is 0.476. The lowest BCUT2D eigenvalue weighted by atomic mass is 10.1. The molecule has 142 valence electrons. The molecule has 0 N–H and O–H groups in total. The Morgan fingerprint density at radius 2 is 1.88 bits per heavy atom. The molecule has 1 aliphatic rings. The van der Waals surface area contributed by atoms with Gasteiger partial charge in [0.2, 0.25) is 0 Å². The zero-order chi connectivity index (χ0) is 17.8. The molecule has 1 saturated heterocycles. The van der Waals surface area contributed by atoms with Crippen LogP contribution in [0.2, 0.25) is 0 Å². The number of hydrogen-bond acceptors (Lipinski definition) is 3. The standard InChI is InChI=1S/C21H28N2O2.ClH/c1-16-14-23(21(24)20-12-18(3)25-15-20)17(2)13-22(16)11-7-10-19-8-5-4-6-9-19;/h4-6,8-9,12,15-17H,7,10-11,13-14H2,1-3H3;1H. The minimum Gasteiger partial charge on any atom is -0.469 e. The van der Waals surface area contributed by atoms with Crippen molar-refractivity contribution in [1.29, 1.82) is 0 Å². The zero-order valence-corrected chi connectivity index (χ0v) is 16.7. The first-order chi connectivity index (χ1) is 12.0. The maximum Gasteiger partial charge on any atom is 0.257 e. The van der Waals surface area contributed by atoms with Crippen molar-refractivity contribution >= 4 is 18.3 Å². The number of hydrogen-bond donors (Lipinski definition) is 0. The van der Waals surface area contributed by atoms with Gasteiger partial charge in [-0.2, -0.15) is 0 Å². The van der Waals surface area contributed by atoms with Gasteiger partial charge in [-0.25, -0.2) is 0 Å². The number of rotatable bonds is 5. The van der Waals surface area contributed by atoms with Gasteiger partial charge >= 0.3 is 0 Å². The van der Waals surface area contributed by atoms with Gasteiger partial charge in [0.25, 0.3) is 5.91 Å². The van der Waals surface area contributed by atoms with E-state index in [9.17, 15) is 4.79 Å². The molecular formula is C21H29ClN2O2. The third-order valence-corrected chi connectivity index (χ3v) is 5.11. The molecule has 1 aromatic carbocycles. The molecule has 26 heavy (non-hydrogen) atoms. The first-order valence-corrected chi connectivity index (χ1v) is 9.18. The van der Waals surface area contributed by atoms with E-state index in [1.807, 2.05) is 17.9 Å². The summed E-state index contributed by atoms with van der Waals surface area (Å²) in [5.74, 6) is 0.865. The largest absolute Gasteiger partial charge is 0.469 e.